The summed E-state index contributed by atoms with van der Waals surface area (Å²) in [5.41, 5.74) is 1.46. The number of hydrogen-bond acceptors (Lipinski definition) is 6. The smallest absolute Gasteiger partial charge is 0.234 e. The molecule has 0 atom stereocenters. The summed E-state index contributed by atoms with van der Waals surface area (Å²) in [5.74, 6) is 0.593. The molecule has 0 aliphatic carbocycles. The van der Waals surface area contributed by atoms with Gasteiger partial charge in [0.2, 0.25) is 17.7 Å². The predicted octanol–water partition coefficient (Wildman–Crippen LogP) is 4.18. The van der Waals surface area contributed by atoms with Gasteiger partial charge in [0, 0.05) is 35.3 Å². The SMILES string of the molecule is CC(=O)Nc1ccc(NC(=O)CSCc2csc(NC(=O)C(C)(C)CCl)n2)cc1. The first-order chi connectivity index (χ1) is 13.7. The molecule has 0 aliphatic heterocycles. The van der Waals surface area contributed by atoms with Crippen molar-refractivity contribution in [2.45, 2.75) is 26.5 Å². The second kappa shape index (κ2) is 10.6. The van der Waals surface area contributed by atoms with Crippen LogP contribution in [0, 0.1) is 5.41 Å². The Morgan fingerprint density at radius 3 is 2.31 bits per heavy atom. The van der Waals surface area contributed by atoms with Crippen LogP contribution in [0.25, 0.3) is 0 Å². The van der Waals surface area contributed by atoms with Crippen LogP contribution in [0.3, 0.4) is 0 Å². The van der Waals surface area contributed by atoms with Gasteiger partial charge in [-0.1, -0.05) is 0 Å². The minimum atomic E-state index is -0.666. The van der Waals surface area contributed by atoms with Crippen molar-refractivity contribution in [2.75, 3.05) is 27.6 Å². The summed E-state index contributed by atoms with van der Waals surface area (Å²) < 4.78 is 0. The van der Waals surface area contributed by atoms with E-state index in [4.69, 9.17) is 11.6 Å². The molecule has 156 valence electrons. The first-order valence-corrected chi connectivity index (χ1v) is 11.3. The van der Waals surface area contributed by atoms with E-state index in [1.54, 1.807) is 38.1 Å². The average Bonchev–Trinajstić information content (AvgIpc) is 3.10. The number of anilines is 3. The molecule has 0 spiro atoms. The number of aromatic nitrogens is 1. The second-order valence-corrected chi connectivity index (χ2v) is 9.03. The molecule has 29 heavy (non-hydrogen) atoms. The molecule has 1 aromatic carbocycles. The largest absolute Gasteiger partial charge is 0.326 e. The normalized spacial score (nSPS) is 11.0. The van der Waals surface area contributed by atoms with Gasteiger partial charge in [-0.15, -0.1) is 34.7 Å². The summed E-state index contributed by atoms with van der Waals surface area (Å²) in [6.45, 7) is 4.98. The van der Waals surface area contributed by atoms with Gasteiger partial charge in [0.15, 0.2) is 5.13 Å². The number of rotatable bonds is 9. The molecule has 0 bridgehead atoms. The molecule has 1 heterocycles. The third kappa shape index (κ3) is 7.68. The molecule has 7 nitrogen and oxygen atoms in total. The zero-order chi connectivity index (χ0) is 21.4. The van der Waals surface area contributed by atoms with Crippen molar-refractivity contribution in [3.63, 3.8) is 0 Å². The lowest BCUT2D eigenvalue weighted by Crippen LogP contribution is -2.32. The van der Waals surface area contributed by atoms with Crippen molar-refractivity contribution in [1.82, 2.24) is 4.98 Å². The van der Waals surface area contributed by atoms with Crippen molar-refractivity contribution < 1.29 is 14.4 Å². The van der Waals surface area contributed by atoms with Gasteiger partial charge in [-0.2, -0.15) is 0 Å². The Labute approximate surface area is 183 Å². The van der Waals surface area contributed by atoms with Gasteiger partial charge in [0.05, 0.1) is 16.9 Å². The van der Waals surface area contributed by atoms with E-state index in [1.165, 1.54) is 30.0 Å². The fraction of sp³-hybridized carbons (Fsp3) is 0.368. The lowest BCUT2D eigenvalue weighted by molar-refractivity contribution is -0.123. The van der Waals surface area contributed by atoms with Crippen LogP contribution in [0.5, 0.6) is 0 Å². The molecule has 0 radical (unpaired) electrons. The summed E-state index contributed by atoms with van der Waals surface area (Å²) in [6, 6.07) is 6.90. The lowest BCUT2D eigenvalue weighted by Gasteiger charge is -2.18. The number of halogens is 1. The summed E-state index contributed by atoms with van der Waals surface area (Å²) in [4.78, 5) is 39.6. The van der Waals surface area contributed by atoms with Crippen LogP contribution in [0.15, 0.2) is 29.6 Å². The highest BCUT2D eigenvalue weighted by atomic mass is 35.5. The number of thiazole rings is 1. The number of carbonyl (C=O) groups excluding carboxylic acids is 3. The zero-order valence-electron chi connectivity index (χ0n) is 16.4. The first-order valence-electron chi connectivity index (χ1n) is 8.76. The Kier molecular flexibility index (Phi) is 8.48. The van der Waals surface area contributed by atoms with Gasteiger partial charge in [-0.05, 0) is 38.1 Å². The van der Waals surface area contributed by atoms with Crippen molar-refractivity contribution in [3.8, 4) is 0 Å². The van der Waals surface area contributed by atoms with E-state index < -0.39 is 5.41 Å². The Morgan fingerprint density at radius 2 is 1.72 bits per heavy atom. The minimum Gasteiger partial charge on any atom is -0.326 e. The molecule has 0 saturated heterocycles. The molecule has 0 unspecified atom stereocenters. The maximum absolute atomic E-state index is 12.1. The number of benzene rings is 1. The van der Waals surface area contributed by atoms with E-state index in [0.717, 1.165) is 5.69 Å². The van der Waals surface area contributed by atoms with Gasteiger partial charge in [-0.25, -0.2) is 4.98 Å². The first kappa shape index (κ1) is 23.2. The maximum atomic E-state index is 12.1. The van der Waals surface area contributed by atoms with Crippen LogP contribution < -0.4 is 16.0 Å². The highest BCUT2D eigenvalue weighted by Crippen LogP contribution is 2.24. The third-order valence-corrected chi connectivity index (χ3v) is 6.13. The number of nitrogens with zero attached hydrogens (tertiary/aromatic N) is 1. The third-order valence-electron chi connectivity index (χ3n) is 3.69. The summed E-state index contributed by atoms with van der Waals surface area (Å²) in [6.07, 6.45) is 0. The van der Waals surface area contributed by atoms with E-state index >= 15 is 0 Å². The topological polar surface area (TPSA) is 100 Å². The summed E-state index contributed by atoms with van der Waals surface area (Å²) in [7, 11) is 0. The molecule has 0 saturated carbocycles. The Hall–Kier alpha value is -2.10. The van der Waals surface area contributed by atoms with Crippen LogP contribution in [0.4, 0.5) is 16.5 Å². The number of carbonyl (C=O) groups is 3. The van der Waals surface area contributed by atoms with Crippen molar-refractivity contribution >= 4 is 68.9 Å². The van der Waals surface area contributed by atoms with E-state index in [0.29, 0.717) is 22.3 Å². The molecule has 3 N–H and O–H groups in total. The van der Waals surface area contributed by atoms with Crippen LogP contribution in [0.2, 0.25) is 0 Å². The quantitative estimate of drug-likeness (QED) is 0.493. The van der Waals surface area contributed by atoms with E-state index in [9.17, 15) is 14.4 Å². The van der Waals surface area contributed by atoms with E-state index in [1.807, 2.05) is 5.38 Å². The molecule has 10 heteroatoms. The molecular formula is C19H23ClN4O3S2. The van der Waals surface area contributed by atoms with Crippen LogP contribution in [-0.4, -0.2) is 34.3 Å². The van der Waals surface area contributed by atoms with Crippen LogP contribution in [0.1, 0.15) is 26.5 Å². The van der Waals surface area contributed by atoms with Gasteiger partial charge < -0.3 is 16.0 Å². The highest BCUT2D eigenvalue weighted by Gasteiger charge is 2.27. The molecule has 0 fully saturated rings. The second-order valence-electron chi connectivity index (χ2n) is 6.92. The average molecular weight is 455 g/mol. The fourth-order valence-corrected chi connectivity index (χ4v) is 3.69. The number of hydrogen-bond donors (Lipinski definition) is 3. The number of alkyl halides is 1. The molecule has 0 aliphatic rings. The maximum Gasteiger partial charge on any atom is 0.234 e. The van der Waals surface area contributed by atoms with Gasteiger partial charge in [-0.3, -0.25) is 14.4 Å². The summed E-state index contributed by atoms with van der Waals surface area (Å²) in [5, 5.41) is 10.6. The monoisotopic (exact) mass is 454 g/mol. The van der Waals surface area contributed by atoms with Crippen LogP contribution >= 0.6 is 34.7 Å². The number of nitrogens with one attached hydrogen (secondary N) is 3. The zero-order valence-corrected chi connectivity index (χ0v) is 18.8. The minimum absolute atomic E-state index is 0.130. The van der Waals surface area contributed by atoms with Gasteiger partial charge >= 0.3 is 0 Å². The predicted molar refractivity (Wildman–Crippen MR) is 121 cm³/mol. The number of thioether (sulfide) groups is 1. The molecule has 3 amide bonds. The van der Waals surface area contributed by atoms with Crippen molar-refractivity contribution in [3.05, 3.63) is 35.3 Å². The van der Waals surface area contributed by atoms with Crippen molar-refractivity contribution in [1.29, 1.82) is 0 Å². The van der Waals surface area contributed by atoms with Crippen molar-refractivity contribution in [2.24, 2.45) is 5.41 Å². The Balaban J connectivity index is 1.76. The van der Waals surface area contributed by atoms with Gasteiger partial charge in [0.1, 0.15) is 0 Å². The molecular weight excluding hydrogens is 432 g/mol. The highest BCUT2D eigenvalue weighted by molar-refractivity contribution is 7.99. The molecule has 2 aromatic rings. The van der Waals surface area contributed by atoms with E-state index in [2.05, 4.69) is 20.9 Å². The molecule has 1 aromatic heterocycles. The Bertz CT molecular complexity index is 869. The summed E-state index contributed by atoms with van der Waals surface area (Å²) >= 11 is 8.58. The van der Waals surface area contributed by atoms with E-state index in [-0.39, 0.29) is 29.4 Å². The standard InChI is InChI=1S/C19H23ClN4O3S2/c1-12(25)21-13-4-6-14(7-5-13)22-16(26)10-28-8-15-9-29-18(23-15)24-17(27)19(2,3)11-20/h4-7,9H,8,10-11H2,1-3H3,(H,21,25)(H,22,26)(H,23,24,27). The fourth-order valence-electron chi connectivity index (χ4n) is 2.04. The Morgan fingerprint density at radius 1 is 1.10 bits per heavy atom. The number of amides is 3. The van der Waals surface area contributed by atoms with Crippen LogP contribution in [-0.2, 0) is 20.1 Å². The van der Waals surface area contributed by atoms with Gasteiger partial charge in [0.25, 0.3) is 0 Å². The lowest BCUT2D eigenvalue weighted by atomic mass is 9.95. The molecule has 2 rings (SSSR count).